The van der Waals surface area contributed by atoms with Crippen LogP contribution in [0.2, 0.25) is 0 Å². The second-order valence-corrected chi connectivity index (χ2v) is 16.1. The van der Waals surface area contributed by atoms with Gasteiger partial charge in [0.15, 0.2) is 0 Å². The molecule has 50 heavy (non-hydrogen) atoms. The summed E-state index contributed by atoms with van der Waals surface area (Å²) in [5, 5.41) is 0. The van der Waals surface area contributed by atoms with Crippen molar-refractivity contribution in [2.45, 2.75) is 105 Å². The maximum absolute atomic E-state index is 12.5. The van der Waals surface area contributed by atoms with E-state index in [2.05, 4.69) is 0 Å². The Balaban J connectivity index is 2.78. The molecule has 0 saturated heterocycles. The Hall–Kier alpha value is -5.33. The quantitative estimate of drug-likeness (QED) is 0.201. The topological polar surface area (TPSA) is 222 Å². The molecule has 0 bridgehead atoms. The minimum Gasteiger partial charge on any atom is -0.410 e. The molecule has 0 unspecified atom stereocenters. The van der Waals surface area contributed by atoms with E-state index in [9.17, 15) is 19.2 Å². The third-order valence-electron chi connectivity index (χ3n) is 7.60. The zero-order valence-corrected chi connectivity index (χ0v) is 30.9. The highest BCUT2D eigenvalue weighted by Gasteiger charge is 2.39. The first-order valence-electron chi connectivity index (χ1n) is 16.0. The molecule has 0 saturated carbocycles. The predicted molar refractivity (Wildman–Crippen MR) is 191 cm³/mol. The molecule has 0 spiro atoms. The lowest BCUT2D eigenvalue weighted by Gasteiger charge is -2.38. The van der Waals surface area contributed by atoms with Gasteiger partial charge >= 0.3 is 24.4 Å². The fraction of sp³-hybridized carbons (Fsp3) is 0.432. The van der Waals surface area contributed by atoms with E-state index in [0.29, 0.717) is 33.6 Å². The number of primary amides is 4. The number of ether oxygens (including phenoxy) is 4. The number of benzene rings is 2. The Morgan fingerprint density at radius 2 is 0.980 bits per heavy atom. The largest absolute Gasteiger partial charge is 0.410 e. The zero-order valence-electron chi connectivity index (χ0n) is 30.9. The number of hydrogen-bond donors (Lipinski definition) is 4. The summed E-state index contributed by atoms with van der Waals surface area (Å²) in [7, 11) is 0. The fourth-order valence-corrected chi connectivity index (χ4v) is 6.01. The monoisotopic (exact) mass is 691 g/mol. The molecular weight excluding hydrogens is 642 g/mol. The van der Waals surface area contributed by atoms with Gasteiger partial charge in [0.1, 0.15) is 23.0 Å². The lowest BCUT2D eigenvalue weighted by Crippen LogP contribution is -2.29. The van der Waals surface area contributed by atoms with Gasteiger partial charge in [0, 0.05) is 33.7 Å². The lowest BCUT2D eigenvalue weighted by atomic mass is 9.68. The fourth-order valence-electron chi connectivity index (χ4n) is 6.01. The van der Waals surface area contributed by atoms with Gasteiger partial charge < -0.3 is 41.9 Å². The van der Waals surface area contributed by atoms with Crippen molar-refractivity contribution in [2.24, 2.45) is 22.9 Å². The van der Waals surface area contributed by atoms with E-state index in [0.717, 1.165) is 11.1 Å². The van der Waals surface area contributed by atoms with E-state index in [1.54, 1.807) is 18.2 Å². The van der Waals surface area contributed by atoms with Crippen LogP contribution in [0.25, 0.3) is 22.4 Å². The summed E-state index contributed by atoms with van der Waals surface area (Å²) >= 11 is 0. The van der Waals surface area contributed by atoms with Gasteiger partial charge in [-0.25, -0.2) is 19.2 Å². The number of hydrogen-bond acceptors (Lipinski definition) is 9. The van der Waals surface area contributed by atoms with Crippen LogP contribution in [0.15, 0.2) is 30.3 Å². The van der Waals surface area contributed by atoms with Crippen LogP contribution < -0.4 is 41.9 Å². The summed E-state index contributed by atoms with van der Waals surface area (Å²) in [6.45, 7) is 23.7. The van der Waals surface area contributed by atoms with Crippen LogP contribution in [-0.4, -0.2) is 29.4 Å². The second-order valence-electron chi connectivity index (χ2n) is 16.1. The van der Waals surface area contributed by atoms with Gasteiger partial charge in [-0.05, 0) is 51.6 Å². The van der Waals surface area contributed by atoms with Crippen LogP contribution in [0.3, 0.4) is 0 Å². The predicted octanol–water partition coefficient (Wildman–Crippen LogP) is 7.44. The van der Waals surface area contributed by atoms with Gasteiger partial charge in [0.25, 0.3) is 0 Å². The third kappa shape index (κ3) is 8.63. The van der Waals surface area contributed by atoms with E-state index in [4.69, 9.17) is 46.9 Å². The molecule has 2 aromatic carbocycles. The van der Waals surface area contributed by atoms with Crippen molar-refractivity contribution >= 4 is 24.4 Å². The van der Waals surface area contributed by atoms with Gasteiger partial charge in [-0.3, -0.25) is 4.98 Å². The number of amides is 4. The molecule has 8 N–H and O–H groups in total. The van der Waals surface area contributed by atoms with Crippen molar-refractivity contribution < 1.29 is 38.1 Å². The van der Waals surface area contributed by atoms with Gasteiger partial charge in [0.2, 0.25) is 0 Å². The Bertz CT molecular complexity index is 1860. The lowest BCUT2D eigenvalue weighted by molar-refractivity contribution is 0.206. The van der Waals surface area contributed by atoms with Gasteiger partial charge in [-0.15, -0.1) is 0 Å². The molecule has 1 heterocycles. The number of carbonyl (C=O) groups excluding carboxylic acids is 4. The van der Waals surface area contributed by atoms with Crippen molar-refractivity contribution in [2.75, 3.05) is 0 Å². The van der Waals surface area contributed by atoms with Crippen molar-refractivity contribution in [3.8, 4) is 45.4 Å². The molecule has 0 atom stereocenters. The van der Waals surface area contributed by atoms with Crippen LogP contribution in [0.5, 0.6) is 23.0 Å². The standard InChI is InChI=1S/C37H49N5O8/c1-34(2,3)24-21(48-31(39)44)16-15-20(28(24)50-33(41)46)27-26(36(7,8)9)25(35(4,5)6)23(29(42-27)37(10,11)12)19-14-13-18(47-30(38)43)17-22(19)49-32(40)45/h13-17H,1-12H3,(H2,38,43)(H2,39,44)(H2,40,45)(H2,41,46). The molecular formula is C37H49N5O8. The number of nitrogens with two attached hydrogens (primary N) is 4. The van der Waals surface area contributed by atoms with Crippen molar-refractivity contribution in [3.05, 3.63) is 52.7 Å². The number of nitrogens with zero attached hydrogens (tertiary/aromatic N) is 1. The van der Waals surface area contributed by atoms with Gasteiger partial charge in [0.05, 0.1) is 11.4 Å². The van der Waals surface area contributed by atoms with E-state index < -0.39 is 46.0 Å². The summed E-state index contributed by atoms with van der Waals surface area (Å²) in [4.78, 5) is 53.6. The Morgan fingerprint density at radius 3 is 1.42 bits per heavy atom. The average molecular weight is 692 g/mol. The smallest absolute Gasteiger partial charge is 0.409 e. The molecule has 13 nitrogen and oxygen atoms in total. The van der Waals surface area contributed by atoms with E-state index in [-0.39, 0.29) is 23.0 Å². The number of aromatic nitrogens is 1. The first-order valence-corrected chi connectivity index (χ1v) is 16.0. The third-order valence-corrected chi connectivity index (χ3v) is 7.60. The van der Waals surface area contributed by atoms with Gasteiger partial charge in [-0.1, -0.05) is 83.1 Å². The normalized spacial score (nSPS) is 12.2. The molecule has 270 valence electrons. The number of pyridine rings is 1. The molecule has 1 aromatic heterocycles. The van der Waals surface area contributed by atoms with Crippen LogP contribution in [-0.2, 0) is 21.7 Å². The van der Waals surface area contributed by atoms with Crippen molar-refractivity contribution in [1.29, 1.82) is 0 Å². The van der Waals surface area contributed by atoms with Crippen molar-refractivity contribution in [3.63, 3.8) is 0 Å². The van der Waals surface area contributed by atoms with Crippen LogP contribution in [0.4, 0.5) is 19.2 Å². The van der Waals surface area contributed by atoms with Crippen LogP contribution in [0.1, 0.15) is 105 Å². The molecule has 3 rings (SSSR count). The summed E-state index contributed by atoms with van der Waals surface area (Å²) < 4.78 is 21.8. The molecule has 0 fully saturated rings. The molecule has 0 aliphatic carbocycles. The minimum atomic E-state index is -1.08. The molecule has 0 radical (unpaired) electrons. The molecule has 13 heteroatoms. The summed E-state index contributed by atoms with van der Waals surface area (Å²) in [5.74, 6) is 0.203. The Kier molecular flexibility index (Phi) is 10.6. The summed E-state index contributed by atoms with van der Waals surface area (Å²) in [6.07, 6.45) is -4.26. The summed E-state index contributed by atoms with van der Waals surface area (Å²) in [5.41, 5.74) is 23.8. The highest BCUT2D eigenvalue weighted by Crippen LogP contribution is 2.53. The second kappa shape index (κ2) is 13.5. The van der Waals surface area contributed by atoms with Gasteiger partial charge in [-0.2, -0.15) is 0 Å². The summed E-state index contributed by atoms with van der Waals surface area (Å²) in [6, 6.07) is 7.78. The molecule has 0 aliphatic heterocycles. The minimum absolute atomic E-state index is 0.0161. The maximum atomic E-state index is 12.5. The first-order chi connectivity index (χ1) is 22.6. The Labute approximate surface area is 293 Å². The molecule has 3 aromatic rings. The molecule has 4 amide bonds. The van der Waals surface area contributed by atoms with E-state index >= 15 is 0 Å². The van der Waals surface area contributed by atoms with Crippen LogP contribution in [0, 0.1) is 0 Å². The molecule has 0 aliphatic rings. The maximum Gasteiger partial charge on any atom is 0.409 e. The number of rotatable bonds is 6. The van der Waals surface area contributed by atoms with E-state index in [1.807, 2.05) is 83.1 Å². The van der Waals surface area contributed by atoms with Crippen molar-refractivity contribution in [1.82, 2.24) is 4.98 Å². The van der Waals surface area contributed by atoms with E-state index in [1.165, 1.54) is 12.1 Å². The highest BCUT2D eigenvalue weighted by molar-refractivity contribution is 5.88. The number of carbonyl (C=O) groups is 4. The average Bonchev–Trinajstić information content (AvgIpc) is 2.89. The van der Waals surface area contributed by atoms with Crippen LogP contribution >= 0.6 is 0 Å². The SMILES string of the molecule is CC(C)(C)c1nc(-c2ccc(OC(N)=O)c(C(C)(C)C)c2OC(N)=O)c(C(C)(C)C)c(C(C)(C)C)c1-c1ccc(OC(N)=O)cc1OC(N)=O. The zero-order chi connectivity index (χ0) is 38.3. The Morgan fingerprint density at radius 1 is 0.520 bits per heavy atom. The highest BCUT2D eigenvalue weighted by atomic mass is 16.6. The first kappa shape index (κ1) is 39.1.